The van der Waals surface area contributed by atoms with Crippen LogP contribution >= 0.6 is 0 Å². The molecule has 2 unspecified atom stereocenters. The highest BCUT2D eigenvalue weighted by molar-refractivity contribution is 5.87. The van der Waals surface area contributed by atoms with Gasteiger partial charge < -0.3 is 15.7 Å². The van der Waals surface area contributed by atoms with Crippen LogP contribution in [0.2, 0.25) is 0 Å². The molecule has 0 aromatic heterocycles. The first kappa shape index (κ1) is 16.0. The van der Waals surface area contributed by atoms with Crippen molar-refractivity contribution in [1.29, 1.82) is 0 Å². The van der Waals surface area contributed by atoms with E-state index in [4.69, 9.17) is 0 Å². The summed E-state index contributed by atoms with van der Waals surface area (Å²) in [5, 5.41) is 15.0. The third-order valence-corrected chi connectivity index (χ3v) is 3.43. The lowest BCUT2D eigenvalue weighted by Crippen LogP contribution is -2.43. The van der Waals surface area contributed by atoms with E-state index in [0.29, 0.717) is 12.5 Å². The number of nitrogens with one attached hydrogen (secondary N) is 2. The fourth-order valence-electron chi connectivity index (χ4n) is 2.19. The van der Waals surface area contributed by atoms with Gasteiger partial charge in [0.25, 0.3) is 0 Å². The number of amides is 2. The minimum atomic E-state index is -0.478. The Bertz CT molecular complexity index is 323. The minimum Gasteiger partial charge on any atom is -0.393 e. The van der Waals surface area contributed by atoms with Crippen molar-refractivity contribution in [2.45, 2.75) is 52.6 Å². The lowest BCUT2D eigenvalue weighted by Gasteiger charge is -2.26. The molecular formula is C14H26N2O3. The second kappa shape index (κ2) is 6.89. The minimum absolute atomic E-state index is 0.0192. The van der Waals surface area contributed by atoms with Crippen LogP contribution < -0.4 is 10.6 Å². The summed E-state index contributed by atoms with van der Waals surface area (Å²) in [7, 11) is 0. The zero-order valence-electron chi connectivity index (χ0n) is 12.2. The quantitative estimate of drug-likeness (QED) is 0.707. The van der Waals surface area contributed by atoms with Crippen LogP contribution in [-0.2, 0) is 9.59 Å². The van der Waals surface area contributed by atoms with E-state index >= 15 is 0 Å². The van der Waals surface area contributed by atoms with Crippen LogP contribution in [0.25, 0.3) is 0 Å². The van der Waals surface area contributed by atoms with Crippen molar-refractivity contribution in [3.05, 3.63) is 0 Å². The number of carbonyl (C=O) groups is 2. The van der Waals surface area contributed by atoms with Crippen LogP contribution in [-0.4, -0.2) is 36.1 Å². The van der Waals surface area contributed by atoms with Crippen molar-refractivity contribution >= 4 is 11.8 Å². The zero-order chi connectivity index (χ0) is 14.5. The highest BCUT2D eigenvalue weighted by Crippen LogP contribution is 2.23. The normalized spacial score (nSPS) is 23.8. The van der Waals surface area contributed by atoms with E-state index in [0.717, 1.165) is 25.7 Å². The zero-order valence-corrected chi connectivity index (χ0v) is 12.2. The van der Waals surface area contributed by atoms with Crippen molar-refractivity contribution < 1.29 is 14.7 Å². The van der Waals surface area contributed by atoms with Crippen molar-refractivity contribution in [1.82, 2.24) is 10.6 Å². The number of aliphatic hydroxyl groups is 1. The van der Waals surface area contributed by atoms with Crippen LogP contribution in [0.4, 0.5) is 0 Å². The van der Waals surface area contributed by atoms with Gasteiger partial charge in [-0.15, -0.1) is 0 Å². The van der Waals surface area contributed by atoms with Crippen LogP contribution in [0.5, 0.6) is 0 Å². The van der Waals surface area contributed by atoms with Gasteiger partial charge in [-0.25, -0.2) is 0 Å². The molecule has 1 aliphatic carbocycles. The second-order valence-electron chi connectivity index (χ2n) is 6.42. The summed E-state index contributed by atoms with van der Waals surface area (Å²) in [4.78, 5) is 23.2. The van der Waals surface area contributed by atoms with E-state index in [1.807, 2.05) is 20.8 Å². The molecule has 1 fully saturated rings. The van der Waals surface area contributed by atoms with Crippen molar-refractivity contribution in [3.63, 3.8) is 0 Å². The Morgan fingerprint density at radius 3 is 2.47 bits per heavy atom. The van der Waals surface area contributed by atoms with Crippen LogP contribution in [0.3, 0.4) is 0 Å². The Kier molecular flexibility index (Phi) is 5.79. The van der Waals surface area contributed by atoms with Gasteiger partial charge in [0.2, 0.25) is 11.8 Å². The average molecular weight is 270 g/mol. The maximum Gasteiger partial charge on any atom is 0.239 e. The highest BCUT2D eigenvalue weighted by Gasteiger charge is 2.22. The van der Waals surface area contributed by atoms with Gasteiger partial charge in [-0.3, -0.25) is 9.59 Å². The van der Waals surface area contributed by atoms with Crippen molar-refractivity contribution in [2.24, 2.45) is 11.3 Å². The van der Waals surface area contributed by atoms with E-state index < -0.39 is 5.41 Å². The van der Waals surface area contributed by atoms with Crippen LogP contribution in [0, 0.1) is 11.3 Å². The van der Waals surface area contributed by atoms with E-state index in [9.17, 15) is 14.7 Å². The van der Waals surface area contributed by atoms with Crippen molar-refractivity contribution in [3.8, 4) is 0 Å². The number of rotatable bonds is 4. The lowest BCUT2D eigenvalue weighted by molar-refractivity contribution is -0.131. The highest BCUT2D eigenvalue weighted by atomic mass is 16.3. The molecule has 0 bridgehead atoms. The van der Waals surface area contributed by atoms with Crippen molar-refractivity contribution in [2.75, 3.05) is 13.1 Å². The summed E-state index contributed by atoms with van der Waals surface area (Å²) in [6, 6.07) is 0. The molecule has 0 saturated heterocycles. The maximum absolute atomic E-state index is 11.6. The maximum atomic E-state index is 11.6. The molecule has 0 radical (unpaired) electrons. The van der Waals surface area contributed by atoms with Crippen LogP contribution in [0.15, 0.2) is 0 Å². The Labute approximate surface area is 115 Å². The van der Waals surface area contributed by atoms with E-state index in [1.165, 1.54) is 0 Å². The molecule has 5 nitrogen and oxygen atoms in total. The summed E-state index contributed by atoms with van der Waals surface area (Å²) in [6.07, 6.45) is 3.46. The fraction of sp³-hybridized carbons (Fsp3) is 0.857. The molecule has 0 aliphatic heterocycles. The molecule has 19 heavy (non-hydrogen) atoms. The molecule has 110 valence electrons. The topological polar surface area (TPSA) is 78.4 Å². The van der Waals surface area contributed by atoms with E-state index in [1.54, 1.807) is 0 Å². The number of hydrogen-bond donors (Lipinski definition) is 3. The molecule has 0 heterocycles. The molecule has 0 aromatic rings. The standard InChI is InChI=1S/C14H26N2O3/c1-14(2,3)13(19)16-9-12(18)15-8-10-5-4-6-11(17)7-10/h10-11,17H,4-9H2,1-3H3,(H,15,18)(H,16,19). The molecule has 3 N–H and O–H groups in total. The van der Waals surface area contributed by atoms with E-state index in [-0.39, 0.29) is 24.5 Å². The molecule has 1 aliphatic rings. The second-order valence-corrected chi connectivity index (χ2v) is 6.42. The summed E-state index contributed by atoms with van der Waals surface area (Å²) in [5.74, 6) is 0.0550. The Morgan fingerprint density at radius 1 is 1.21 bits per heavy atom. The van der Waals surface area contributed by atoms with Gasteiger partial charge in [0.1, 0.15) is 0 Å². The largest absolute Gasteiger partial charge is 0.393 e. The molecule has 2 amide bonds. The van der Waals surface area contributed by atoms with Gasteiger partial charge in [-0.2, -0.15) is 0 Å². The van der Waals surface area contributed by atoms with Gasteiger partial charge in [-0.05, 0) is 25.2 Å². The summed E-state index contributed by atoms with van der Waals surface area (Å²) < 4.78 is 0. The molecule has 1 saturated carbocycles. The summed E-state index contributed by atoms with van der Waals surface area (Å²) >= 11 is 0. The lowest BCUT2D eigenvalue weighted by atomic mass is 9.87. The third kappa shape index (κ3) is 6.05. The fourth-order valence-corrected chi connectivity index (χ4v) is 2.19. The molecule has 0 aromatic carbocycles. The third-order valence-electron chi connectivity index (χ3n) is 3.43. The predicted molar refractivity (Wildman–Crippen MR) is 73.4 cm³/mol. The van der Waals surface area contributed by atoms with Gasteiger partial charge in [0, 0.05) is 12.0 Å². The molecule has 1 rings (SSSR count). The van der Waals surface area contributed by atoms with Gasteiger partial charge >= 0.3 is 0 Å². The number of aliphatic hydroxyl groups excluding tert-OH is 1. The Balaban J connectivity index is 2.19. The van der Waals surface area contributed by atoms with Crippen LogP contribution in [0.1, 0.15) is 46.5 Å². The number of hydrogen-bond acceptors (Lipinski definition) is 3. The SMILES string of the molecule is CC(C)(C)C(=O)NCC(=O)NCC1CCCC(O)C1. The molecule has 0 spiro atoms. The van der Waals surface area contributed by atoms with Gasteiger partial charge in [0.05, 0.1) is 12.6 Å². The first-order valence-corrected chi connectivity index (χ1v) is 7.02. The monoisotopic (exact) mass is 270 g/mol. The molecular weight excluding hydrogens is 244 g/mol. The molecule has 5 heteroatoms. The van der Waals surface area contributed by atoms with E-state index in [2.05, 4.69) is 10.6 Å². The van der Waals surface area contributed by atoms with Gasteiger partial charge in [0.15, 0.2) is 0 Å². The summed E-state index contributed by atoms with van der Waals surface area (Å²) in [6.45, 7) is 6.03. The predicted octanol–water partition coefficient (Wildman–Crippen LogP) is 0.816. The first-order chi connectivity index (χ1) is 8.79. The number of carbonyl (C=O) groups excluding carboxylic acids is 2. The summed E-state index contributed by atoms with van der Waals surface area (Å²) in [5.41, 5.74) is -0.478. The smallest absolute Gasteiger partial charge is 0.239 e. The molecule has 2 atom stereocenters. The Hall–Kier alpha value is -1.10. The first-order valence-electron chi connectivity index (χ1n) is 7.02. The average Bonchev–Trinajstić information content (AvgIpc) is 2.32. The Morgan fingerprint density at radius 2 is 1.89 bits per heavy atom. The van der Waals surface area contributed by atoms with Gasteiger partial charge in [-0.1, -0.05) is 27.2 Å².